The molecule has 1 atom stereocenters. The van der Waals surface area contributed by atoms with E-state index in [0.29, 0.717) is 17.2 Å². The first-order valence-corrected chi connectivity index (χ1v) is 9.76. The van der Waals surface area contributed by atoms with Crippen LogP contribution in [-0.4, -0.2) is 38.8 Å². The number of aromatic carboxylic acids is 1. The van der Waals surface area contributed by atoms with Crippen LogP contribution in [-0.2, 0) is 9.59 Å². The molecule has 1 unspecified atom stereocenters. The van der Waals surface area contributed by atoms with Gasteiger partial charge in [0.2, 0.25) is 5.91 Å². The molecule has 27 heavy (non-hydrogen) atoms. The van der Waals surface area contributed by atoms with Gasteiger partial charge in [-0.1, -0.05) is 19.9 Å². The van der Waals surface area contributed by atoms with Gasteiger partial charge in [0.15, 0.2) is 0 Å². The van der Waals surface area contributed by atoms with Crippen LogP contribution in [0.5, 0.6) is 0 Å². The lowest BCUT2D eigenvalue weighted by Crippen LogP contribution is -2.29. The highest BCUT2D eigenvalue weighted by molar-refractivity contribution is 7.99. The van der Waals surface area contributed by atoms with Gasteiger partial charge in [-0.3, -0.25) is 4.79 Å². The summed E-state index contributed by atoms with van der Waals surface area (Å²) in [7, 11) is 0. The average molecular weight is 392 g/mol. The molecule has 1 heterocycles. The number of aromatic nitrogens is 1. The van der Waals surface area contributed by atoms with Crippen LogP contribution in [0.2, 0.25) is 0 Å². The summed E-state index contributed by atoms with van der Waals surface area (Å²) < 4.78 is 0. The van der Waals surface area contributed by atoms with Crippen LogP contribution in [0.25, 0.3) is 0 Å². The highest BCUT2D eigenvalue weighted by atomic mass is 32.2. The number of allylic oxidation sites excluding steroid dienone is 1. The van der Waals surface area contributed by atoms with Gasteiger partial charge < -0.3 is 15.5 Å². The van der Waals surface area contributed by atoms with Crippen molar-refractivity contribution in [2.75, 3.05) is 5.75 Å². The Balaban J connectivity index is 1.76. The predicted octanol–water partition coefficient (Wildman–Crippen LogP) is 3.17. The molecule has 1 aromatic heterocycles. The van der Waals surface area contributed by atoms with Crippen LogP contribution >= 0.6 is 11.8 Å². The number of hydrogen-bond acceptors (Lipinski definition) is 5. The fraction of sp³-hybridized carbons (Fsp3) is 0.474. The van der Waals surface area contributed by atoms with Crippen molar-refractivity contribution in [3.05, 3.63) is 35.7 Å². The van der Waals surface area contributed by atoms with E-state index >= 15 is 0 Å². The van der Waals surface area contributed by atoms with Crippen molar-refractivity contribution in [3.63, 3.8) is 0 Å². The summed E-state index contributed by atoms with van der Waals surface area (Å²) in [6, 6.07) is 3.10. The van der Waals surface area contributed by atoms with Crippen molar-refractivity contribution >= 4 is 29.6 Å². The van der Waals surface area contributed by atoms with E-state index in [9.17, 15) is 19.5 Å². The zero-order valence-corrected chi connectivity index (χ0v) is 16.2. The molecule has 0 aromatic carbocycles. The van der Waals surface area contributed by atoms with E-state index in [1.807, 2.05) is 13.8 Å². The molecule has 146 valence electrons. The Labute approximate surface area is 162 Å². The molecule has 1 saturated carbocycles. The van der Waals surface area contributed by atoms with Gasteiger partial charge in [-0.15, -0.1) is 11.8 Å². The maximum atomic E-state index is 12.0. The molecule has 0 saturated heterocycles. The summed E-state index contributed by atoms with van der Waals surface area (Å²) >= 11 is 1.36. The number of carboxylic acid groups (broad SMARTS) is 2. The Morgan fingerprint density at radius 2 is 2.04 bits per heavy atom. The van der Waals surface area contributed by atoms with E-state index < -0.39 is 11.9 Å². The van der Waals surface area contributed by atoms with E-state index in [4.69, 9.17) is 5.11 Å². The van der Waals surface area contributed by atoms with Gasteiger partial charge in [-0.05, 0) is 49.0 Å². The third-order valence-electron chi connectivity index (χ3n) is 4.51. The number of amides is 1. The molecule has 0 radical (unpaired) electrons. The summed E-state index contributed by atoms with van der Waals surface area (Å²) in [6.07, 6.45) is 5.88. The van der Waals surface area contributed by atoms with E-state index in [2.05, 4.69) is 10.3 Å². The van der Waals surface area contributed by atoms with E-state index in [0.717, 1.165) is 19.3 Å². The number of thioether (sulfide) groups is 1. The number of aliphatic carboxylic acids is 1. The number of hydrogen-bond donors (Lipinski definition) is 3. The van der Waals surface area contributed by atoms with E-state index in [-0.39, 0.29) is 28.5 Å². The highest BCUT2D eigenvalue weighted by Crippen LogP contribution is 2.51. The zero-order chi connectivity index (χ0) is 20.0. The van der Waals surface area contributed by atoms with Crippen LogP contribution in [0.1, 0.15) is 49.9 Å². The Kier molecular flexibility index (Phi) is 7.01. The molecule has 0 bridgehead atoms. The maximum Gasteiger partial charge on any atom is 0.352 e. The minimum atomic E-state index is -1.14. The number of carbonyl (C=O) groups excluding carboxylic acids is 1. The van der Waals surface area contributed by atoms with Gasteiger partial charge in [0.1, 0.15) is 10.7 Å². The van der Waals surface area contributed by atoms with Crippen LogP contribution in [0, 0.1) is 11.3 Å². The minimum Gasteiger partial charge on any atom is -0.478 e. The van der Waals surface area contributed by atoms with Gasteiger partial charge in [0, 0.05) is 12.1 Å². The van der Waals surface area contributed by atoms with Gasteiger partial charge in [-0.2, -0.15) is 0 Å². The molecule has 2 rings (SSSR count). The molecule has 8 heteroatoms. The minimum absolute atomic E-state index is 0.0504. The molecule has 1 aliphatic rings. The van der Waals surface area contributed by atoms with Gasteiger partial charge in [0.05, 0.1) is 5.56 Å². The van der Waals surface area contributed by atoms with Crippen molar-refractivity contribution in [1.82, 2.24) is 10.3 Å². The second kappa shape index (κ2) is 9.03. The highest BCUT2D eigenvalue weighted by Gasteiger charge is 2.50. The van der Waals surface area contributed by atoms with Crippen LogP contribution in [0.4, 0.5) is 0 Å². The average Bonchev–Trinajstić information content (AvgIpc) is 3.25. The summed E-state index contributed by atoms with van der Waals surface area (Å²) in [5.74, 6) is -1.83. The number of nitrogens with zero attached hydrogens (tertiary/aromatic N) is 1. The normalized spacial score (nSPS) is 18.0. The molecule has 0 aliphatic heterocycles. The maximum absolute atomic E-state index is 12.0. The van der Waals surface area contributed by atoms with Crippen molar-refractivity contribution in [2.45, 2.75) is 44.6 Å². The lowest BCUT2D eigenvalue weighted by Gasteiger charge is -2.07. The molecule has 7 nitrogen and oxygen atoms in total. The van der Waals surface area contributed by atoms with E-state index in [1.165, 1.54) is 23.9 Å². The summed E-state index contributed by atoms with van der Waals surface area (Å²) in [5.41, 5.74) is 0.0556. The SMILES string of the molecule is CC1(C)CC1C(=O)N/C(=C/CCCCSc1ncccc1C(=O)O)C(=O)O. The first-order valence-electron chi connectivity index (χ1n) is 8.78. The van der Waals surface area contributed by atoms with Crippen molar-refractivity contribution in [2.24, 2.45) is 11.3 Å². The van der Waals surface area contributed by atoms with Crippen molar-refractivity contribution in [3.8, 4) is 0 Å². The number of unbranched alkanes of at least 4 members (excludes halogenated alkanes) is 2. The van der Waals surface area contributed by atoms with Crippen LogP contribution in [0.3, 0.4) is 0 Å². The van der Waals surface area contributed by atoms with Crippen molar-refractivity contribution in [1.29, 1.82) is 0 Å². The third-order valence-corrected chi connectivity index (χ3v) is 5.60. The Bertz CT molecular complexity index is 760. The standard InChI is InChI=1S/C19H24N2O5S/c1-19(2)11-13(19)15(22)21-14(18(25)26)8-4-3-5-10-27-16-12(17(23)24)7-6-9-20-16/h6-9,13H,3-5,10-11H2,1-2H3,(H,21,22)(H,23,24)(H,25,26)/b14-8+. The zero-order valence-electron chi connectivity index (χ0n) is 15.4. The number of carbonyl (C=O) groups is 3. The number of carboxylic acids is 2. The molecule has 1 amide bonds. The smallest absolute Gasteiger partial charge is 0.352 e. The lowest BCUT2D eigenvalue weighted by molar-refractivity contribution is -0.135. The second-order valence-electron chi connectivity index (χ2n) is 7.16. The first kappa shape index (κ1) is 21.0. The molecular formula is C19H24N2O5S. The topological polar surface area (TPSA) is 117 Å². The largest absolute Gasteiger partial charge is 0.478 e. The summed E-state index contributed by atoms with van der Waals surface area (Å²) in [6.45, 7) is 3.97. The Morgan fingerprint density at radius 1 is 1.33 bits per heavy atom. The number of pyridine rings is 1. The molecule has 1 fully saturated rings. The molecule has 0 spiro atoms. The van der Waals surface area contributed by atoms with E-state index in [1.54, 1.807) is 12.3 Å². The molecule has 1 aromatic rings. The van der Waals surface area contributed by atoms with Gasteiger partial charge >= 0.3 is 11.9 Å². The quantitative estimate of drug-likeness (QED) is 0.318. The lowest BCUT2D eigenvalue weighted by atomic mass is 10.1. The predicted molar refractivity (Wildman–Crippen MR) is 102 cm³/mol. The summed E-state index contributed by atoms with van der Waals surface area (Å²) in [5, 5.41) is 21.3. The van der Waals surface area contributed by atoms with Gasteiger partial charge in [0.25, 0.3) is 0 Å². The number of nitrogens with one attached hydrogen (secondary N) is 1. The summed E-state index contributed by atoms with van der Waals surface area (Å²) in [4.78, 5) is 38.5. The monoisotopic (exact) mass is 392 g/mol. The Morgan fingerprint density at radius 3 is 2.63 bits per heavy atom. The van der Waals surface area contributed by atoms with Crippen LogP contribution < -0.4 is 5.32 Å². The fourth-order valence-corrected chi connectivity index (χ4v) is 3.64. The number of rotatable bonds is 10. The van der Waals surface area contributed by atoms with Crippen LogP contribution in [0.15, 0.2) is 35.1 Å². The van der Waals surface area contributed by atoms with Gasteiger partial charge in [-0.25, -0.2) is 14.6 Å². The Hall–Kier alpha value is -2.35. The fourth-order valence-electron chi connectivity index (χ4n) is 2.66. The first-order chi connectivity index (χ1) is 12.7. The molecule has 3 N–H and O–H groups in total. The molecular weight excluding hydrogens is 368 g/mol. The molecule has 1 aliphatic carbocycles. The second-order valence-corrected chi connectivity index (χ2v) is 8.25. The van der Waals surface area contributed by atoms with Crippen molar-refractivity contribution < 1.29 is 24.6 Å². The third kappa shape index (κ3) is 6.09.